The first-order valence-corrected chi connectivity index (χ1v) is 7.45. The van der Waals surface area contributed by atoms with Gasteiger partial charge in [0, 0.05) is 6.20 Å². The van der Waals surface area contributed by atoms with Crippen molar-refractivity contribution < 1.29 is 9.18 Å². The number of fused-ring (bicyclic) bond motifs is 1. The number of aromatic amines is 1. The molecule has 2 atom stereocenters. The van der Waals surface area contributed by atoms with E-state index in [9.17, 15) is 9.18 Å². The first-order chi connectivity index (χ1) is 10.6. The van der Waals surface area contributed by atoms with Crippen LogP contribution >= 0.6 is 0 Å². The summed E-state index contributed by atoms with van der Waals surface area (Å²) in [6.45, 7) is 2.45. The Kier molecular flexibility index (Phi) is 4.09. The first kappa shape index (κ1) is 14.6. The number of amides is 2. The van der Waals surface area contributed by atoms with Gasteiger partial charge < -0.3 is 10.6 Å². The fourth-order valence-electron chi connectivity index (χ4n) is 2.95. The van der Waals surface area contributed by atoms with E-state index < -0.39 is 0 Å². The third kappa shape index (κ3) is 2.95. The van der Waals surface area contributed by atoms with E-state index in [0.29, 0.717) is 6.54 Å². The molecule has 2 aromatic rings. The maximum Gasteiger partial charge on any atom is 0.315 e. The molecule has 0 fully saturated rings. The number of H-pyrrole nitrogens is 1. The lowest BCUT2D eigenvalue weighted by molar-refractivity contribution is 0.229. The van der Waals surface area contributed by atoms with Crippen LogP contribution in [0, 0.1) is 11.7 Å². The van der Waals surface area contributed by atoms with Gasteiger partial charge in [0.25, 0.3) is 0 Å². The zero-order valence-electron chi connectivity index (χ0n) is 12.4. The number of rotatable bonds is 3. The van der Waals surface area contributed by atoms with Gasteiger partial charge in [0.1, 0.15) is 5.82 Å². The van der Waals surface area contributed by atoms with E-state index in [1.807, 2.05) is 6.07 Å². The zero-order chi connectivity index (χ0) is 15.5. The molecule has 0 saturated carbocycles. The highest BCUT2D eigenvalue weighted by Crippen LogP contribution is 2.35. The Morgan fingerprint density at radius 3 is 3.09 bits per heavy atom. The first-order valence-electron chi connectivity index (χ1n) is 7.45. The van der Waals surface area contributed by atoms with Gasteiger partial charge in [-0.05, 0) is 42.0 Å². The van der Waals surface area contributed by atoms with Crippen molar-refractivity contribution in [3.8, 4) is 0 Å². The number of halogens is 1. The number of benzene rings is 1. The van der Waals surface area contributed by atoms with E-state index >= 15 is 0 Å². The molecule has 116 valence electrons. The van der Waals surface area contributed by atoms with Crippen LogP contribution in [0.4, 0.5) is 9.18 Å². The van der Waals surface area contributed by atoms with E-state index in [4.69, 9.17) is 0 Å². The fraction of sp³-hybridized carbons (Fsp3) is 0.375. The summed E-state index contributed by atoms with van der Waals surface area (Å²) >= 11 is 0. The highest BCUT2D eigenvalue weighted by atomic mass is 19.1. The number of hydrogen-bond acceptors (Lipinski definition) is 2. The fourth-order valence-corrected chi connectivity index (χ4v) is 2.95. The number of nitrogens with zero attached hydrogens (tertiary/aromatic N) is 1. The van der Waals surface area contributed by atoms with Gasteiger partial charge in [-0.1, -0.05) is 19.1 Å². The molecule has 1 heterocycles. The topological polar surface area (TPSA) is 69.8 Å². The number of aromatic nitrogens is 2. The summed E-state index contributed by atoms with van der Waals surface area (Å²) in [5.74, 6) is 0.0845. The number of carbonyl (C=O) groups excluding carboxylic acids is 1. The molecule has 3 N–H and O–H groups in total. The lowest BCUT2D eigenvalue weighted by atomic mass is 9.80. The largest absolute Gasteiger partial charge is 0.333 e. The van der Waals surface area contributed by atoms with Crippen LogP contribution in [0.2, 0.25) is 0 Å². The lowest BCUT2D eigenvalue weighted by Crippen LogP contribution is -2.41. The Bertz CT molecular complexity index is 656. The second-order valence-corrected chi connectivity index (χ2v) is 5.71. The molecule has 1 aliphatic rings. The molecular formula is C16H19FN4O. The van der Waals surface area contributed by atoms with Crippen LogP contribution in [0.25, 0.3) is 0 Å². The minimum atomic E-state index is -0.261. The van der Waals surface area contributed by atoms with Gasteiger partial charge in [-0.15, -0.1) is 0 Å². The average molecular weight is 302 g/mol. The van der Waals surface area contributed by atoms with Gasteiger partial charge in [-0.25, -0.2) is 9.18 Å². The molecular weight excluding hydrogens is 283 g/mol. The molecule has 22 heavy (non-hydrogen) atoms. The molecule has 0 unspecified atom stereocenters. The average Bonchev–Trinajstić information content (AvgIpc) is 3.02. The molecule has 2 amide bonds. The van der Waals surface area contributed by atoms with Gasteiger partial charge in [0.15, 0.2) is 0 Å². The van der Waals surface area contributed by atoms with E-state index in [1.165, 1.54) is 6.07 Å². The Labute approximate surface area is 128 Å². The molecule has 6 heteroatoms. The van der Waals surface area contributed by atoms with Gasteiger partial charge in [-0.2, -0.15) is 5.10 Å². The summed E-state index contributed by atoms with van der Waals surface area (Å²) in [5, 5.41) is 12.4. The molecule has 1 aromatic carbocycles. The van der Waals surface area contributed by atoms with Crippen LogP contribution in [-0.2, 0) is 13.0 Å². The molecule has 0 spiro atoms. The number of carbonyl (C=O) groups is 1. The highest BCUT2D eigenvalue weighted by molar-refractivity contribution is 5.74. The second-order valence-electron chi connectivity index (χ2n) is 5.71. The predicted octanol–water partition coefficient (Wildman–Crippen LogP) is 2.67. The standard InChI is InChI=1S/C16H19FN4O/c1-10-5-6-12-13(3-2-4-14(12)17)15(10)20-16(22)18-9-11-7-8-19-21-11/h2-4,7-8,10,15H,5-6,9H2,1H3,(H,19,21)(H2,18,20,22)/t10-,15+/m0/s1. The maximum absolute atomic E-state index is 13.9. The van der Waals surface area contributed by atoms with E-state index in [2.05, 4.69) is 27.8 Å². The van der Waals surface area contributed by atoms with Gasteiger partial charge in [0.05, 0.1) is 18.3 Å². The monoisotopic (exact) mass is 302 g/mol. The molecule has 3 rings (SSSR count). The minimum absolute atomic E-state index is 0.166. The third-order valence-corrected chi connectivity index (χ3v) is 4.19. The molecule has 1 aromatic heterocycles. The quantitative estimate of drug-likeness (QED) is 0.816. The smallest absolute Gasteiger partial charge is 0.315 e. The van der Waals surface area contributed by atoms with Crippen LogP contribution in [-0.4, -0.2) is 16.2 Å². The highest BCUT2D eigenvalue weighted by Gasteiger charge is 2.29. The zero-order valence-corrected chi connectivity index (χ0v) is 12.4. The van der Waals surface area contributed by atoms with Crippen molar-refractivity contribution in [3.05, 3.63) is 53.1 Å². The molecule has 5 nitrogen and oxygen atoms in total. The van der Waals surface area contributed by atoms with Crippen LogP contribution in [0.3, 0.4) is 0 Å². The lowest BCUT2D eigenvalue weighted by Gasteiger charge is -2.32. The third-order valence-electron chi connectivity index (χ3n) is 4.19. The van der Waals surface area contributed by atoms with Crippen LogP contribution in [0.5, 0.6) is 0 Å². The van der Waals surface area contributed by atoms with E-state index in [0.717, 1.165) is 29.7 Å². The summed E-state index contributed by atoms with van der Waals surface area (Å²) < 4.78 is 13.9. The molecule has 0 saturated heterocycles. The van der Waals surface area contributed by atoms with Crippen molar-refractivity contribution in [2.75, 3.05) is 0 Å². The van der Waals surface area contributed by atoms with Crippen molar-refractivity contribution >= 4 is 6.03 Å². The molecule has 0 radical (unpaired) electrons. The van der Waals surface area contributed by atoms with Crippen molar-refractivity contribution in [1.29, 1.82) is 0 Å². The second kappa shape index (κ2) is 6.17. The van der Waals surface area contributed by atoms with Gasteiger partial charge >= 0.3 is 6.03 Å². The Morgan fingerprint density at radius 1 is 1.45 bits per heavy atom. The number of urea groups is 1. The summed E-state index contributed by atoms with van der Waals surface area (Å²) in [6, 6.07) is 6.44. The minimum Gasteiger partial charge on any atom is -0.333 e. The Hall–Kier alpha value is -2.37. The van der Waals surface area contributed by atoms with Gasteiger partial charge in [-0.3, -0.25) is 5.10 Å². The predicted molar refractivity (Wildman–Crippen MR) is 80.6 cm³/mol. The van der Waals surface area contributed by atoms with E-state index in [1.54, 1.807) is 18.3 Å². The summed E-state index contributed by atoms with van der Waals surface area (Å²) in [5.41, 5.74) is 2.44. The summed E-state index contributed by atoms with van der Waals surface area (Å²) in [4.78, 5) is 12.1. The van der Waals surface area contributed by atoms with Crippen molar-refractivity contribution in [3.63, 3.8) is 0 Å². The van der Waals surface area contributed by atoms with Crippen molar-refractivity contribution in [1.82, 2.24) is 20.8 Å². The maximum atomic E-state index is 13.9. The Morgan fingerprint density at radius 2 is 2.32 bits per heavy atom. The SMILES string of the molecule is C[C@H]1CCc2c(F)cccc2[C@@H]1NC(=O)NCc1ccn[nH]1. The van der Waals surface area contributed by atoms with Crippen LogP contribution < -0.4 is 10.6 Å². The number of nitrogens with one attached hydrogen (secondary N) is 3. The van der Waals surface area contributed by atoms with E-state index in [-0.39, 0.29) is 23.8 Å². The summed E-state index contributed by atoms with van der Waals surface area (Å²) in [7, 11) is 0. The van der Waals surface area contributed by atoms with Crippen LogP contribution in [0.1, 0.15) is 36.2 Å². The molecule has 1 aliphatic carbocycles. The normalized spacial score (nSPS) is 20.3. The molecule has 0 aliphatic heterocycles. The number of hydrogen-bond donors (Lipinski definition) is 3. The van der Waals surface area contributed by atoms with Crippen molar-refractivity contribution in [2.24, 2.45) is 5.92 Å². The Balaban J connectivity index is 1.69. The van der Waals surface area contributed by atoms with Crippen LogP contribution in [0.15, 0.2) is 30.5 Å². The van der Waals surface area contributed by atoms with Gasteiger partial charge in [0.2, 0.25) is 0 Å². The molecule has 0 bridgehead atoms. The summed E-state index contributed by atoms with van der Waals surface area (Å²) in [6.07, 6.45) is 3.22. The van der Waals surface area contributed by atoms with Crippen molar-refractivity contribution in [2.45, 2.75) is 32.4 Å².